The van der Waals surface area contributed by atoms with E-state index < -0.39 is 0 Å². The van der Waals surface area contributed by atoms with Gasteiger partial charge in [0.15, 0.2) is 0 Å². The van der Waals surface area contributed by atoms with Gasteiger partial charge < -0.3 is 4.57 Å². The molecule has 56 valence electrons. The van der Waals surface area contributed by atoms with E-state index >= 15 is 0 Å². The van der Waals surface area contributed by atoms with Crippen LogP contribution in [0.1, 0.15) is 0 Å². The van der Waals surface area contributed by atoms with Gasteiger partial charge >= 0.3 is 5.69 Å². The van der Waals surface area contributed by atoms with Crippen LogP contribution in [-0.4, -0.2) is 14.0 Å². The molecule has 0 saturated carbocycles. The lowest BCUT2D eigenvalue weighted by atomic mass is 10.6. The summed E-state index contributed by atoms with van der Waals surface area (Å²) in [5.74, 6) is 0. The average Bonchev–Trinajstić information content (AvgIpc) is 2.30. The van der Waals surface area contributed by atoms with E-state index in [1.54, 1.807) is 36.2 Å². The van der Waals surface area contributed by atoms with Crippen molar-refractivity contribution in [2.24, 2.45) is 7.05 Å². The number of imidazole rings is 1. The van der Waals surface area contributed by atoms with Crippen molar-refractivity contribution in [1.29, 1.82) is 0 Å². The van der Waals surface area contributed by atoms with Crippen molar-refractivity contribution >= 4 is 5.52 Å². The van der Waals surface area contributed by atoms with E-state index in [2.05, 4.69) is 4.98 Å². The number of fused-ring (bicyclic) bond motifs is 1. The molecular weight excluding hydrogens is 142 g/mol. The molecule has 2 rings (SSSR count). The minimum atomic E-state index is -0.0394. The predicted molar refractivity (Wildman–Crippen MR) is 40.4 cm³/mol. The number of rotatable bonds is 0. The number of aromatic nitrogens is 3. The number of hydrogen-bond donors (Lipinski definition) is 0. The molecule has 0 aromatic carbocycles. The summed E-state index contributed by atoms with van der Waals surface area (Å²) in [6.45, 7) is 0. The lowest BCUT2D eigenvalue weighted by Crippen LogP contribution is -2.16. The van der Waals surface area contributed by atoms with Gasteiger partial charge in [-0.15, -0.1) is 0 Å². The zero-order valence-electron chi connectivity index (χ0n) is 6.06. The first-order valence-corrected chi connectivity index (χ1v) is 3.27. The molecule has 0 amide bonds. The van der Waals surface area contributed by atoms with Crippen molar-refractivity contribution in [2.45, 2.75) is 0 Å². The molecule has 4 heteroatoms. The summed E-state index contributed by atoms with van der Waals surface area (Å²) in [6.07, 6.45) is 6.64. The van der Waals surface area contributed by atoms with Crippen molar-refractivity contribution in [3.63, 3.8) is 0 Å². The Bertz CT molecular complexity index is 440. The first-order chi connectivity index (χ1) is 5.29. The zero-order chi connectivity index (χ0) is 7.84. The summed E-state index contributed by atoms with van der Waals surface area (Å²) in [5, 5.41) is 0. The third kappa shape index (κ3) is 0.756. The second-order valence-corrected chi connectivity index (χ2v) is 2.39. The highest BCUT2D eigenvalue weighted by molar-refractivity contribution is 5.41. The molecule has 0 aliphatic rings. The molecule has 4 nitrogen and oxygen atoms in total. The molecule has 0 saturated heterocycles. The molecule has 0 bridgehead atoms. The third-order valence-corrected chi connectivity index (χ3v) is 1.62. The Kier molecular flexibility index (Phi) is 1.09. The fraction of sp³-hybridized carbons (Fsp3) is 0.143. The van der Waals surface area contributed by atoms with Gasteiger partial charge in [-0.1, -0.05) is 0 Å². The van der Waals surface area contributed by atoms with Gasteiger partial charge in [-0.3, -0.25) is 9.38 Å². The molecule has 0 spiro atoms. The predicted octanol–water partition coefficient (Wildman–Crippen LogP) is 0.0330. The molecule has 0 fully saturated rings. The Labute approximate surface area is 62.7 Å². The maximum absolute atomic E-state index is 11.2. The lowest BCUT2D eigenvalue weighted by molar-refractivity contribution is 0.838. The second-order valence-electron chi connectivity index (χ2n) is 2.39. The van der Waals surface area contributed by atoms with Crippen molar-refractivity contribution in [1.82, 2.24) is 14.0 Å². The van der Waals surface area contributed by atoms with Gasteiger partial charge in [-0.2, -0.15) is 0 Å². The third-order valence-electron chi connectivity index (χ3n) is 1.62. The van der Waals surface area contributed by atoms with Crippen LogP contribution in [0.2, 0.25) is 0 Å². The van der Waals surface area contributed by atoms with E-state index in [0.717, 1.165) is 5.52 Å². The Hall–Kier alpha value is -1.58. The van der Waals surface area contributed by atoms with Crippen molar-refractivity contribution in [3.05, 3.63) is 35.3 Å². The van der Waals surface area contributed by atoms with Crippen LogP contribution in [-0.2, 0) is 7.05 Å². The van der Waals surface area contributed by atoms with Gasteiger partial charge in [-0.05, 0) is 0 Å². The van der Waals surface area contributed by atoms with Crippen LogP contribution in [0.4, 0.5) is 0 Å². The van der Waals surface area contributed by atoms with E-state index in [-0.39, 0.29) is 5.69 Å². The van der Waals surface area contributed by atoms with E-state index in [9.17, 15) is 4.79 Å². The molecule has 0 unspecified atom stereocenters. The maximum Gasteiger partial charge on any atom is 0.332 e. The molecule has 2 aromatic rings. The van der Waals surface area contributed by atoms with Gasteiger partial charge in [0.2, 0.25) is 0 Å². The van der Waals surface area contributed by atoms with Gasteiger partial charge in [-0.25, -0.2) is 4.79 Å². The Morgan fingerprint density at radius 1 is 1.55 bits per heavy atom. The lowest BCUT2D eigenvalue weighted by Gasteiger charge is -1.85. The van der Waals surface area contributed by atoms with Gasteiger partial charge in [0, 0.05) is 25.6 Å². The van der Waals surface area contributed by atoms with E-state index in [0.29, 0.717) is 0 Å². The smallest absolute Gasteiger partial charge is 0.301 e. The summed E-state index contributed by atoms with van der Waals surface area (Å²) in [5.41, 5.74) is 0.780. The van der Waals surface area contributed by atoms with Crippen molar-refractivity contribution < 1.29 is 0 Å². The normalized spacial score (nSPS) is 10.6. The molecule has 11 heavy (non-hydrogen) atoms. The van der Waals surface area contributed by atoms with Crippen LogP contribution in [0, 0.1) is 0 Å². The molecule has 2 aromatic heterocycles. The molecule has 0 aliphatic carbocycles. The summed E-state index contributed by atoms with van der Waals surface area (Å²) >= 11 is 0. The first-order valence-electron chi connectivity index (χ1n) is 3.27. The second kappa shape index (κ2) is 1.95. The van der Waals surface area contributed by atoms with Crippen molar-refractivity contribution in [2.75, 3.05) is 0 Å². The van der Waals surface area contributed by atoms with Crippen LogP contribution in [0.15, 0.2) is 29.6 Å². The molecule has 0 atom stereocenters. The first kappa shape index (κ1) is 6.15. The van der Waals surface area contributed by atoms with Crippen LogP contribution >= 0.6 is 0 Å². The molecule has 0 aliphatic heterocycles. The highest BCUT2D eigenvalue weighted by atomic mass is 16.1. The standard InChI is InChI=1S/C7H7N3O/c1-9-5-6-4-8-2-3-10(6)7(9)11/h2-5H,1H3. The summed E-state index contributed by atoms with van der Waals surface area (Å²) in [4.78, 5) is 15.1. The van der Waals surface area contributed by atoms with Crippen LogP contribution in [0.5, 0.6) is 0 Å². The Balaban J connectivity index is 3.04. The topological polar surface area (TPSA) is 39.3 Å². The summed E-state index contributed by atoms with van der Waals surface area (Å²) < 4.78 is 3.07. The van der Waals surface area contributed by atoms with Gasteiger partial charge in [0.25, 0.3) is 0 Å². The monoisotopic (exact) mass is 149 g/mol. The zero-order valence-corrected chi connectivity index (χ0v) is 6.06. The molecular formula is C7H7N3O. The average molecular weight is 149 g/mol. The fourth-order valence-electron chi connectivity index (χ4n) is 1.07. The summed E-state index contributed by atoms with van der Waals surface area (Å²) in [6, 6.07) is 0. The van der Waals surface area contributed by atoms with Gasteiger partial charge in [0.05, 0.1) is 11.7 Å². The van der Waals surface area contributed by atoms with Crippen LogP contribution in [0.3, 0.4) is 0 Å². The molecule has 0 radical (unpaired) electrons. The number of nitrogens with zero attached hydrogens (tertiary/aromatic N) is 3. The van der Waals surface area contributed by atoms with Crippen LogP contribution in [0.25, 0.3) is 5.52 Å². The van der Waals surface area contributed by atoms with E-state index in [1.807, 2.05) is 0 Å². The van der Waals surface area contributed by atoms with E-state index in [4.69, 9.17) is 0 Å². The minimum Gasteiger partial charge on any atom is -0.301 e. The SMILES string of the molecule is Cn1cc2cnccn2c1=O. The maximum atomic E-state index is 11.2. The summed E-state index contributed by atoms with van der Waals surface area (Å²) in [7, 11) is 1.72. The minimum absolute atomic E-state index is 0.0394. The van der Waals surface area contributed by atoms with Gasteiger partial charge in [0.1, 0.15) is 0 Å². The highest BCUT2D eigenvalue weighted by Gasteiger charge is 1.98. The van der Waals surface area contributed by atoms with Crippen LogP contribution < -0.4 is 5.69 Å². The Morgan fingerprint density at radius 2 is 2.36 bits per heavy atom. The highest BCUT2D eigenvalue weighted by Crippen LogP contribution is 1.94. The van der Waals surface area contributed by atoms with E-state index in [1.165, 1.54) is 4.57 Å². The van der Waals surface area contributed by atoms with Crippen molar-refractivity contribution in [3.8, 4) is 0 Å². The fourth-order valence-corrected chi connectivity index (χ4v) is 1.07. The number of aryl methyl sites for hydroxylation is 1. The molecule has 2 heterocycles. The molecule has 0 N–H and O–H groups in total. The quantitative estimate of drug-likeness (QED) is 0.530. The largest absolute Gasteiger partial charge is 0.332 e. The Morgan fingerprint density at radius 3 is 3.09 bits per heavy atom. The number of hydrogen-bond acceptors (Lipinski definition) is 2.